The van der Waals surface area contributed by atoms with Gasteiger partial charge in [0, 0.05) is 53.3 Å². The van der Waals surface area contributed by atoms with Gasteiger partial charge in [-0.3, -0.25) is 9.69 Å². The lowest BCUT2D eigenvalue weighted by atomic mass is 9.70. The molecule has 4 atom stereocenters. The van der Waals surface area contributed by atoms with E-state index in [1.165, 1.54) is 6.07 Å². The largest absolute Gasteiger partial charge is 0.573 e. The van der Waals surface area contributed by atoms with E-state index in [-0.39, 0.29) is 33.6 Å². The summed E-state index contributed by atoms with van der Waals surface area (Å²) >= 11 is 12.7. The number of carbonyl (C=O) groups is 1. The minimum atomic E-state index is -5.09. The second-order valence-electron chi connectivity index (χ2n) is 12.4. The van der Waals surface area contributed by atoms with Gasteiger partial charge in [0.1, 0.15) is 22.9 Å². The van der Waals surface area contributed by atoms with E-state index in [1.54, 1.807) is 34.9 Å². The van der Waals surface area contributed by atoms with Crippen molar-refractivity contribution in [1.82, 2.24) is 14.5 Å². The summed E-state index contributed by atoms with van der Waals surface area (Å²) in [6.45, 7) is 0.899. The zero-order chi connectivity index (χ0) is 32.3. The Labute approximate surface area is 269 Å². The van der Waals surface area contributed by atoms with Crippen LogP contribution in [-0.4, -0.2) is 49.5 Å². The normalized spacial score (nSPS) is 25.7. The number of likely N-dealkylation sites (tertiary alicyclic amines) is 1. The van der Waals surface area contributed by atoms with Gasteiger partial charge in [0.25, 0.3) is 0 Å². The molecule has 1 amide bonds. The first-order chi connectivity index (χ1) is 21.9. The summed E-state index contributed by atoms with van der Waals surface area (Å²) in [5.74, 6) is -2.48. The molecule has 1 spiro atoms. The molecule has 4 aromatic rings. The van der Waals surface area contributed by atoms with Gasteiger partial charge in [0.15, 0.2) is 6.29 Å². The number of aliphatic hydroxyl groups is 2. The second kappa shape index (κ2) is 10.3. The van der Waals surface area contributed by atoms with E-state index in [0.29, 0.717) is 47.5 Å². The molecule has 240 valence electrons. The minimum Gasteiger partial charge on any atom is -0.405 e. The number of ether oxygens (including phenoxy) is 1. The zero-order valence-electron chi connectivity index (χ0n) is 23.9. The molecular formula is C32H26Cl2F4N4O4. The lowest BCUT2D eigenvalue weighted by Crippen LogP contribution is -2.53. The molecule has 1 saturated heterocycles. The number of halogens is 6. The van der Waals surface area contributed by atoms with Crippen LogP contribution in [0.2, 0.25) is 10.0 Å². The number of hydrogen-bond acceptors (Lipinski definition) is 6. The van der Waals surface area contributed by atoms with Crippen LogP contribution < -0.4 is 10.1 Å². The first kappa shape index (κ1) is 29.9. The highest BCUT2D eigenvalue weighted by Crippen LogP contribution is 2.64. The molecule has 3 N–H and O–H groups in total. The van der Waals surface area contributed by atoms with Crippen LogP contribution in [0, 0.1) is 11.7 Å². The standard InChI is InChI=1S/C32H26Cl2F4N4O4/c33-15-6-7-18-20(10-15)40-30(45)31(18)26(16-2-1-3-19(34)27(16)35)25-22(42(31)13-14-4-5-14)8-9-41-23-12-24(46-32(36,37)38)17(29(43)44)11-21(23)39-28(25)41/h1-3,6-7,10-12,14,22,25-26,29,43-44H,4-5,8-9,13H2,(H,40,45)/t22-,25+,26-,31+/m0/s1. The van der Waals surface area contributed by atoms with Gasteiger partial charge in [-0.05, 0) is 55.0 Å². The maximum absolute atomic E-state index is 16.2. The molecule has 4 heterocycles. The van der Waals surface area contributed by atoms with Crippen LogP contribution in [0.25, 0.3) is 11.0 Å². The number of carbonyl (C=O) groups excluding carboxylic acids is 1. The molecule has 0 radical (unpaired) electrons. The molecule has 8 rings (SSSR count). The van der Waals surface area contributed by atoms with Gasteiger partial charge in [0.05, 0.1) is 21.6 Å². The van der Waals surface area contributed by atoms with Gasteiger partial charge in [-0.1, -0.05) is 41.4 Å². The van der Waals surface area contributed by atoms with Gasteiger partial charge >= 0.3 is 6.36 Å². The van der Waals surface area contributed by atoms with Crippen molar-refractivity contribution in [3.8, 4) is 5.75 Å². The van der Waals surface area contributed by atoms with Crippen molar-refractivity contribution < 1.29 is 37.3 Å². The number of aliphatic hydroxyl groups excluding tert-OH is 1. The average molecular weight is 677 g/mol. The molecule has 1 saturated carbocycles. The van der Waals surface area contributed by atoms with Crippen LogP contribution in [0.15, 0.2) is 48.5 Å². The molecule has 4 aliphatic rings. The fourth-order valence-electron chi connectivity index (χ4n) is 8.05. The predicted molar refractivity (Wildman–Crippen MR) is 160 cm³/mol. The van der Waals surface area contributed by atoms with Crippen molar-refractivity contribution in [2.75, 3.05) is 11.9 Å². The van der Waals surface area contributed by atoms with Crippen LogP contribution >= 0.6 is 23.2 Å². The van der Waals surface area contributed by atoms with Crippen LogP contribution in [0.5, 0.6) is 5.75 Å². The van der Waals surface area contributed by atoms with Crippen molar-refractivity contribution in [3.05, 3.63) is 86.9 Å². The number of aryl methyl sites for hydroxylation is 1. The Hall–Kier alpha value is -3.42. The summed E-state index contributed by atoms with van der Waals surface area (Å²) < 4.78 is 62.2. The van der Waals surface area contributed by atoms with E-state index in [4.69, 9.17) is 28.2 Å². The first-order valence-corrected chi connectivity index (χ1v) is 15.6. The van der Waals surface area contributed by atoms with Crippen LogP contribution in [-0.2, 0) is 16.9 Å². The summed E-state index contributed by atoms with van der Waals surface area (Å²) in [6, 6.07) is 11.8. The summed E-state index contributed by atoms with van der Waals surface area (Å²) in [5.41, 5.74) is -0.0195. The summed E-state index contributed by atoms with van der Waals surface area (Å²) in [5, 5.41) is 23.2. The molecule has 14 heteroatoms. The molecule has 46 heavy (non-hydrogen) atoms. The highest BCUT2D eigenvalue weighted by molar-refractivity contribution is 6.31. The van der Waals surface area contributed by atoms with Crippen molar-refractivity contribution in [2.24, 2.45) is 5.92 Å². The predicted octanol–water partition coefficient (Wildman–Crippen LogP) is 6.58. The summed E-state index contributed by atoms with van der Waals surface area (Å²) in [4.78, 5) is 21.6. The topological polar surface area (TPSA) is 99.9 Å². The molecular weight excluding hydrogens is 651 g/mol. The monoisotopic (exact) mass is 676 g/mol. The van der Waals surface area contributed by atoms with E-state index in [2.05, 4.69) is 15.0 Å². The minimum absolute atomic E-state index is 0.112. The van der Waals surface area contributed by atoms with E-state index >= 15 is 4.39 Å². The number of nitrogens with zero attached hydrogens (tertiary/aromatic N) is 3. The SMILES string of the molecule is O=C1Nc2cc(Cl)ccc2[C@@]12[C@@H](c1cccc(Cl)c1F)[C@@H]1c3nc4cc(C(O)O)c(OC(F)(F)F)cc4n3CC[C@@H]1N2CC1CC1. The summed E-state index contributed by atoms with van der Waals surface area (Å²) in [7, 11) is 0. The Morgan fingerprint density at radius 2 is 1.89 bits per heavy atom. The van der Waals surface area contributed by atoms with Crippen molar-refractivity contribution in [1.29, 1.82) is 0 Å². The van der Waals surface area contributed by atoms with Crippen LogP contribution in [0.3, 0.4) is 0 Å². The molecule has 3 aromatic carbocycles. The third-order valence-electron chi connectivity index (χ3n) is 9.89. The number of hydrogen-bond donors (Lipinski definition) is 3. The van der Waals surface area contributed by atoms with Crippen LogP contribution in [0.1, 0.15) is 59.9 Å². The van der Waals surface area contributed by atoms with Crippen molar-refractivity contribution >= 4 is 45.8 Å². The maximum Gasteiger partial charge on any atom is 0.573 e. The Morgan fingerprint density at radius 1 is 1.11 bits per heavy atom. The maximum atomic E-state index is 16.2. The number of alkyl halides is 3. The van der Waals surface area contributed by atoms with E-state index in [1.807, 2.05) is 0 Å². The van der Waals surface area contributed by atoms with E-state index < -0.39 is 47.2 Å². The van der Waals surface area contributed by atoms with Gasteiger partial charge in [-0.2, -0.15) is 0 Å². The highest BCUT2D eigenvalue weighted by atomic mass is 35.5. The second-order valence-corrected chi connectivity index (χ2v) is 13.3. The quantitative estimate of drug-likeness (QED) is 0.163. The Bertz CT molecular complexity index is 1930. The fraction of sp³-hybridized carbons (Fsp3) is 0.375. The highest BCUT2D eigenvalue weighted by Gasteiger charge is 2.69. The smallest absolute Gasteiger partial charge is 0.405 e. The lowest BCUT2D eigenvalue weighted by molar-refractivity contribution is -0.275. The summed E-state index contributed by atoms with van der Waals surface area (Å²) in [6.07, 6.45) is -4.90. The number of benzene rings is 3. The van der Waals surface area contributed by atoms with Gasteiger partial charge in [-0.15, -0.1) is 13.2 Å². The van der Waals surface area contributed by atoms with Crippen molar-refractivity contribution in [2.45, 2.75) is 61.9 Å². The fourth-order valence-corrected chi connectivity index (χ4v) is 8.40. The van der Waals surface area contributed by atoms with Gasteiger partial charge in [0.2, 0.25) is 5.91 Å². The molecule has 3 aliphatic heterocycles. The van der Waals surface area contributed by atoms with Gasteiger partial charge < -0.3 is 24.8 Å². The first-order valence-electron chi connectivity index (χ1n) is 14.9. The average Bonchev–Trinajstić information content (AvgIpc) is 3.58. The Kier molecular flexibility index (Phi) is 6.70. The molecule has 0 bridgehead atoms. The van der Waals surface area contributed by atoms with Gasteiger partial charge in [-0.25, -0.2) is 9.37 Å². The number of aromatic nitrogens is 2. The third kappa shape index (κ3) is 4.37. The third-order valence-corrected chi connectivity index (χ3v) is 10.4. The molecule has 2 fully saturated rings. The molecule has 1 aromatic heterocycles. The number of fused-ring (bicyclic) bond motifs is 7. The number of imidazole rings is 1. The number of anilines is 1. The number of nitrogens with one attached hydrogen (secondary N) is 1. The number of amides is 1. The van der Waals surface area contributed by atoms with Crippen LogP contribution in [0.4, 0.5) is 23.2 Å². The zero-order valence-corrected chi connectivity index (χ0v) is 25.4. The molecule has 0 unspecified atom stereocenters. The van der Waals surface area contributed by atoms with E-state index in [0.717, 1.165) is 25.0 Å². The molecule has 8 nitrogen and oxygen atoms in total. The molecule has 1 aliphatic carbocycles. The Balaban J connectivity index is 1.40. The Morgan fingerprint density at radius 3 is 2.61 bits per heavy atom. The van der Waals surface area contributed by atoms with E-state index in [9.17, 15) is 28.2 Å². The number of rotatable bonds is 5. The lowest BCUT2D eigenvalue weighted by Gasteiger charge is -2.40. The van der Waals surface area contributed by atoms with Crippen molar-refractivity contribution in [3.63, 3.8) is 0 Å².